The summed E-state index contributed by atoms with van der Waals surface area (Å²) in [6, 6.07) is 11.1. The number of aromatic nitrogens is 2. The molecule has 33 heavy (non-hydrogen) atoms. The third-order valence-corrected chi connectivity index (χ3v) is 5.95. The minimum Gasteiger partial charge on any atom is -0.357 e. The quantitative estimate of drug-likeness (QED) is 0.211. The first kappa shape index (κ1) is 27.6. The van der Waals surface area contributed by atoms with E-state index in [0.717, 1.165) is 57.3 Å². The second-order valence-corrected chi connectivity index (χ2v) is 8.88. The van der Waals surface area contributed by atoms with Gasteiger partial charge >= 0.3 is 0 Å². The Kier molecular flexibility index (Phi) is 12.2. The molecule has 1 aromatic heterocycles. The molecular formula is C25H42IN7. The molecule has 1 aromatic carbocycles. The Balaban J connectivity index is 0.00000385. The van der Waals surface area contributed by atoms with Crippen molar-refractivity contribution in [1.82, 2.24) is 30.2 Å². The molecule has 2 N–H and O–H groups in total. The van der Waals surface area contributed by atoms with Gasteiger partial charge in [0.1, 0.15) is 0 Å². The van der Waals surface area contributed by atoms with Crippen LogP contribution in [-0.4, -0.2) is 71.9 Å². The number of likely N-dealkylation sites (N-methyl/N-ethyl adjacent to an activating group) is 1. The van der Waals surface area contributed by atoms with E-state index in [2.05, 4.69) is 81.4 Å². The lowest BCUT2D eigenvalue weighted by molar-refractivity contribution is 0.269. The van der Waals surface area contributed by atoms with Crippen molar-refractivity contribution in [3.63, 3.8) is 0 Å². The van der Waals surface area contributed by atoms with Crippen molar-refractivity contribution >= 4 is 29.9 Å². The predicted molar refractivity (Wildman–Crippen MR) is 148 cm³/mol. The zero-order chi connectivity index (χ0) is 22.8. The Morgan fingerprint density at radius 1 is 1.03 bits per heavy atom. The molecule has 2 aromatic rings. The van der Waals surface area contributed by atoms with Crippen LogP contribution in [0.3, 0.4) is 0 Å². The molecule has 0 spiro atoms. The molecule has 0 bridgehead atoms. The van der Waals surface area contributed by atoms with Crippen LogP contribution in [0.5, 0.6) is 0 Å². The van der Waals surface area contributed by atoms with Crippen LogP contribution in [0.1, 0.15) is 42.3 Å². The van der Waals surface area contributed by atoms with E-state index in [9.17, 15) is 0 Å². The lowest BCUT2D eigenvalue weighted by atomic mass is 10.1. The minimum absolute atomic E-state index is 0. The maximum Gasteiger partial charge on any atom is 0.191 e. The van der Waals surface area contributed by atoms with E-state index in [1.165, 1.54) is 36.3 Å². The van der Waals surface area contributed by atoms with Gasteiger partial charge in [-0.3, -0.25) is 9.58 Å². The third-order valence-electron chi connectivity index (χ3n) is 5.95. The van der Waals surface area contributed by atoms with Crippen LogP contribution in [-0.2, 0) is 19.6 Å². The van der Waals surface area contributed by atoms with Crippen molar-refractivity contribution in [3.05, 3.63) is 52.8 Å². The summed E-state index contributed by atoms with van der Waals surface area (Å²) in [6.45, 7) is 15.3. The number of halogens is 1. The van der Waals surface area contributed by atoms with Crippen molar-refractivity contribution in [2.45, 2.75) is 53.2 Å². The summed E-state index contributed by atoms with van der Waals surface area (Å²) in [4.78, 5) is 9.76. The molecule has 0 saturated carbocycles. The first-order valence-corrected chi connectivity index (χ1v) is 12.1. The summed E-state index contributed by atoms with van der Waals surface area (Å²) >= 11 is 0. The van der Waals surface area contributed by atoms with E-state index in [1.54, 1.807) is 0 Å². The highest BCUT2D eigenvalue weighted by atomic mass is 127. The van der Waals surface area contributed by atoms with E-state index in [1.807, 2.05) is 6.92 Å². The second-order valence-electron chi connectivity index (χ2n) is 8.88. The van der Waals surface area contributed by atoms with Gasteiger partial charge in [-0.15, -0.1) is 24.0 Å². The molecule has 8 heteroatoms. The summed E-state index contributed by atoms with van der Waals surface area (Å²) < 4.78 is 2.08. The molecule has 1 aliphatic heterocycles. The van der Waals surface area contributed by atoms with Crippen LogP contribution in [0.25, 0.3) is 0 Å². The Bertz CT molecular complexity index is 847. The van der Waals surface area contributed by atoms with Gasteiger partial charge in [0.15, 0.2) is 5.96 Å². The molecule has 2 heterocycles. The van der Waals surface area contributed by atoms with Gasteiger partial charge in [-0.25, -0.2) is 4.99 Å². The zero-order valence-electron chi connectivity index (χ0n) is 20.8. The number of guanidine groups is 1. The highest BCUT2D eigenvalue weighted by Gasteiger charge is 2.12. The highest BCUT2D eigenvalue weighted by molar-refractivity contribution is 14.0. The first-order chi connectivity index (χ1) is 15.5. The molecule has 3 rings (SSSR count). The standard InChI is InChI=1S/C25H41N7.HI/c1-5-26-25(27-12-6-15-32-22(3)18-21(2)29-32)28-19-23-8-10-24(11-9-23)20-31-14-7-13-30(4)16-17-31;/h8-11,18H,5-7,12-17,19-20H2,1-4H3,(H2,26,27,28);1H. The summed E-state index contributed by atoms with van der Waals surface area (Å²) in [5.41, 5.74) is 4.92. The second kappa shape index (κ2) is 14.6. The number of rotatable bonds is 9. The monoisotopic (exact) mass is 567 g/mol. The topological polar surface area (TPSA) is 60.7 Å². The molecule has 0 amide bonds. The predicted octanol–water partition coefficient (Wildman–Crippen LogP) is 3.40. The average Bonchev–Trinajstić information content (AvgIpc) is 2.96. The van der Waals surface area contributed by atoms with Crippen molar-refractivity contribution in [2.24, 2.45) is 4.99 Å². The molecule has 1 fully saturated rings. The van der Waals surface area contributed by atoms with Crippen LogP contribution in [0.2, 0.25) is 0 Å². The number of aryl methyl sites for hydroxylation is 3. The third kappa shape index (κ3) is 9.62. The molecule has 0 radical (unpaired) electrons. The minimum atomic E-state index is 0. The largest absolute Gasteiger partial charge is 0.357 e. The van der Waals surface area contributed by atoms with Crippen LogP contribution >= 0.6 is 24.0 Å². The van der Waals surface area contributed by atoms with Crippen LogP contribution < -0.4 is 10.6 Å². The van der Waals surface area contributed by atoms with Crippen molar-refractivity contribution in [3.8, 4) is 0 Å². The fourth-order valence-corrected chi connectivity index (χ4v) is 4.12. The summed E-state index contributed by atoms with van der Waals surface area (Å²) in [5.74, 6) is 0.874. The lowest BCUT2D eigenvalue weighted by Gasteiger charge is -2.20. The average molecular weight is 568 g/mol. The van der Waals surface area contributed by atoms with E-state index < -0.39 is 0 Å². The molecule has 0 unspecified atom stereocenters. The zero-order valence-corrected chi connectivity index (χ0v) is 23.1. The normalized spacial score (nSPS) is 15.7. The summed E-state index contributed by atoms with van der Waals surface area (Å²) in [5, 5.41) is 11.3. The number of nitrogens with zero attached hydrogens (tertiary/aromatic N) is 5. The van der Waals surface area contributed by atoms with Gasteiger partial charge in [0, 0.05) is 45.0 Å². The fourth-order valence-electron chi connectivity index (χ4n) is 4.12. The highest BCUT2D eigenvalue weighted by Crippen LogP contribution is 2.11. The van der Waals surface area contributed by atoms with Gasteiger partial charge in [0.2, 0.25) is 0 Å². The van der Waals surface area contributed by atoms with E-state index in [0.29, 0.717) is 6.54 Å². The van der Waals surface area contributed by atoms with Crippen LogP contribution in [0.15, 0.2) is 35.3 Å². The number of benzene rings is 1. The summed E-state index contributed by atoms with van der Waals surface area (Å²) in [6.07, 6.45) is 2.26. The van der Waals surface area contributed by atoms with Gasteiger partial charge in [-0.05, 0) is 70.9 Å². The summed E-state index contributed by atoms with van der Waals surface area (Å²) in [7, 11) is 2.22. The van der Waals surface area contributed by atoms with Crippen molar-refractivity contribution in [1.29, 1.82) is 0 Å². The van der Waals surface area contributed by atoms with Gasteiger partial charge in [0.25, 0.3) is 0 Å². The molecule has 0 atom stereocenters. The fraction of sp³-hybridized carbons (Fsp3) is 0.600. The Morgan fingerprint density at radius 2 is 1.79 bits per heavy atom. The Morgan fingerprint density at radius 3 is 2.48 bits per heavy atom. The van der Waals surface area contributed by atoms with E-state index in [4.69, 9.17) is 4.99 Å². The van der Waals surface area contributed by atoms with Crippen LogP contribution in [0, 0.1) is 13.8 Å². The van der Waals surface area contributed by atoms with Gasteiger partial charge in [-0.2, -0.15) is 5.10 Å². The lowest BCUT2D eigenvalue weighted by Crippen LogP contribution is -2.38. The van der Waals surface area contributed by atoms with Gasteiger partial charge in [-0.1, -0.05) is 24.3 Å². The number of hydrogen-bond acceptors (Lipinski definition) is 4. The smallest absolute Gasteiger partial charge is 0.191 e. The van der Waals surface area contributed by atoms with Crippen LogP contribution in [0.4, 0.5) is 0 Å². The molecule has 0 aliphatic carbocycles. The van der Waals surface area contributed by atoms with Gasteiger partial charge < -0.3 is 15.5 Å². The van der Waals surface area contributed by atoms with E-state index >= 15 is 0 Å². The molecule has 7 nitrogen and oxygen atoms in total. The molecule has 184 valence electrons. The van der Waals surface area contributed by atoms with E-state index in [-0.39, 0.29) is 24.0 Å². The Hall–Kier alpha value is -1.65. The van der Waals surface area contributed by atoms with Crippen molar-refractivity contribution < 1.29 is 0 Å². The number of aliphatic imine (C=N–C) groups is 1. The van der Waals surface area contributed by atoms with Crippen molar-refractivity contribution in [2.75, 3.05) is 46.3 Å². The molecule has 1 aliphatic rings. The SMILES string of the molecule is CCNC(=NCc1ccc(CN2CCCN(C)CC2)cc1)NCCCn1nc(C)cc1C.I. The maximum absolute atomic E-state index is 4.77. The number of nitrogens with one attached hydrogen (secondary N) is 2. The Labute approximate surface area is 217 Å². The molecule has 1 saturated heterocycles. The first-order valence-electron chi connectivity index (χ1n) is 12.1. The number of hydrogen-bond donors (Lipinski definition) is 2. The van der Waals surface area contributed by atoms with Gasteiger partial charge in [0.05, 0.1) is 12.2 Å². The maximum atomic E-state index is 4.77. The molecular weight excluding hydrogens is 525 g/mol.